The third-order valence-electron chi connectivity index (χ3n) is 6.48. The van der Waals surface area contributed by atoms with E-state index in [1.165, 1.54) is 7.11 Å². The Labute approximate surface area is 236 Å². The largest absolute Gasteiger partial charge is 0.495 e. The molecule has 4 aromatic rings. The smallest absolute Gasteiger partial charge is 0.250 e. The molecule has 1 amide bonds. The fourth-order valence-corrected chi connectivity index (χ4v) is 5.12. The highest BCUT2D eigenvalue weighted by atomic mass is 35.5. The molecule has 2 aromatic heterocycles. The molecule has 1 saturated heterocycles. The van der Waals surface area contributed by atoms with Crippen LogP contribution in [-0.4, -0.2) is 36.8 Å². The first-order valence-electron chi connectivity index (χ1n) is 12.2. The molecule has 39 heavy (non-hydrogen) atoms. The van der Waals surface area contributed by atoms with E-state index in [9.17, 15) is 4.79 Å². The molecule has 8 nitrogen and oxygen atoms in total. The minimum absolute atomic E-state index is 0.0837. The van der Waals surface area contributed by atoms with Crippen molar-refractivity contribution in [3.05, 3.63) is 95.0 Å². The minimum atomic E-state index is -0.377. The number of halogens is 1. The lowest BCUT2D eigenvalue weighted by atomic mass is 10.0. The van der Waals surface area contributed by atoms with Crippen LogP contribution in [0.2, 0.25) is 5.02 Å². The number of nitrogens with one attached hydrogen (secondary N) is 2. The molecule has 0 bridgehead atoms. The number of rotatable bonds is 8. The van der Waals surface area contributed by atoms with Gasteiger partial charge in [-0.3, -0.25) is 9.78 Å². The summed E-state index contributed by atoms with van der Waals surface area (Å²) in [6.45, 7) is 1.88. The van der Waals surface area contributed by atoms with Crippen molar-refractivity contribution in [3.63, 3.8) is 0 Å². The summed E-state index contributed by atoms with van der Waals surface area (Å²) in [6.07, 6.45) is 1.75. The van der Waals surface area contributed by atoms with Gasteiger partial charge in [0, 0.05) is 29.6 Å². The predicted molar refractivity (Wildman–Crippen MR) is 155 cm³/mol. The van der Waals surface area contributed by atoms with Crippen molar-refractivity contribution in [1.82, 2.24) is 10.3 Å². The highest BCUT2D eigenvalue weighted by Gasteiger charge is 2.42. The molecule has 1 fully saturated rings. The third-order valence-corrected chi connectivity index (χ3v) is 7.21. The number of hydrogen-bond donors (Lipinski definition) is 2. The second-order valence-corrected chi connectivity index (χ2v) is 9.82. The zero-order valence-corrected chi connectivity index (χ0v) is 23.2. The Balaban J connectivity index is 1.58. The number of thiocarbonyl (C=S) groups is 1. The van der Waals surface area contributed by atoms with Crippen LogP contribution in [-0.2, 0) is 9.53 Å². The molecule has 2 N–H and O–H groups in total. The van der Waals surface area contributed by atoms with Gasteiger partial charge in [0.05, 0.1) is 24.5 Å². The number of carbonyl (C=O) groups is 1. The van der Waals surface area contributed by atoms with E-state index in [1.807, 2.05) is 72.5 Å². The Kier molecular flexibility index (Phi) is 7.83. The van der Waals surface area contributed by atoms with Crippen molar-refractivity contribution < 1.29 is 18.7 Å². The van der Waals surface area contributed by atoms with Gasteiger partial charge in [0.15, 0.2) is 5.11 Å². The van der Waals surface area contributed by atoms with E-state index in [1.54, 1.807) is 19.4 Å². The lowest BCUT2D eigenvalue weighted by molar-refractivity contribution is -0.119. The van der Waals surface area contributed by atoms with Crippen LogP contribution in [0.15, 0.2) is 77.3 Å². The number of ether oxygens (including phenoxy) is 2. The molecule has 0 aliphatic carbocycles. The molecule has 0 saturated carbocycles. The summed E-state index contributed by atoms with van der Waals surface area (Å²) < 4.78 is 16.9. The van der Waals surface area contributed by atoms with E-state index in [0.29, 0.717) is 33.1 Å². The average molecular weight is 563 g/mol. The van der Waals surface area contributed by atoms with Gasteiger partial charge in [-0.15, -0.1) is 0 Å². The fraction of sp³-hybridized carbons (Fsp3) is 0.207. The Morgan fingerprint density at radius 2 is 2.00 bits per heavy atom. The lowest BCUT2D eigenvalue weighted by Gasteiger charge is -2.27. The van der Waals surface area contributed by atoms with E-state index in [2.05, 4.69) is 15.6 Å². The Hall–Kier alpha value is -3.92. The standard InChI is InChI=1S/C29H27ClN4O4S/c1-17-7-8-18(14-20(17)30)23-11-12-25(38-23)28-27(21-6-4-5-13-31-21)33-29(39)34(28)19-9-10-24(37-3)22(15-19)32-26(35)16-36-2/h4-15,27-28H,16H2,1-3H3,(H,32,35)(H,33,39)/t27-,28-/m1/s1. The molecule has 1 aliphatic heterocycles. The minimum Gasteiger partial charge on any atom is -0.495 e. The van der Waals surface area contributed by atoms with Crippen LogP contribution in [0.3, 0.4) is 0 Å². The van der Waals surface area contributed by atoms with Crippen LogP contribution in [0.1, 0.15) is 29.1 Å². The monoisotopic (exact) mass is 562 g/mol. The number of aryl methyl sites for hydroxylation is 1. The number of benzene rings is 2. The zero-order valence-electron chi connectivity index (χ0n) is 21.6. The summed E-state index contributed by atoms with van der Waals surface area (Å²) in [4.78, 5) is 18.9. The first-order valence-corrected chi connectivity index (χ1v) is 13.0. The summed E-state index contributed by atoms with van der Waals surface area (Å²) >= 11 is 12.2. The number of methoxy groups -OCH3 is 2. The summed E-state index contributed by atoms with van der Waals surface area (Å²) in [7, 11) is 3.01. The van der Waals surface area contributed by atoms with Crippen LogP contribution in [0.5, 0.6) is 5.75 Å². The Morgan fingerprint density at radius 3 is 2.72 bits per heavy atom. The normalized spacial score (nSPS) is 16.7. The van der Waals surface area contributed by atoms with Gasteiger partial charge in [-0.25, -0.2) is 0 Å². The van der Waals surface area contributed by atoms with Gasteiger partial charge < -0.3 is 29.4 Å². The van der Waals surface area contributed by atoms with Crippen molar-refractivity contribution in [3.8, 4) is 17.1 Å². The van der Waals surface area contributed by atoms with Gasteiger partial charge in [-0.05, 0) is 73.2 Å². The van der Waals surface area contributed by atoms with Crippen molar-refractivity contribution in [2.75, 3.05) is 31.0 Å². The lowest BCUT2D eigenvalue weighted by Crippen LogP contribution is -2.29. The topological polar surface area (TPSA) is 88.9 Å². The van der Waals surface area contributed by atoms with Gasteiger partial charge in [0.2, 0.25) is 5.91 Å². The number of carbonyl (C=O) groups excluding carboxylic acids is 1. The number of anilines is 2. The number of furan rings is 1. The molecule has 0 radical (unpaired) electrons. The van der Waals surface area contributed by atoms with E-state index in [-0.39, 0.29) is 24.6 Å². The van der Waals surface area contributed by atoms with Gasteiger partial charge in [0.25, 0.3) is 0 Å². The van der Waals surface area contributed by atoms with E-state index in [0.717, 1.165) is 22.5 Å². The van der Waals surface area contributed by atoms with Crippen LogP contribution < -0.4 is 20.3 Å². The highest BCUT2D eigenvalue weighted by Crippen LogP contribution is 2.44. The zero-order chi connectivity index (χ0) is 27.5. The fourth-order valence-electron chi connectivity index (χ4n) is 4.60. The molecule has 3 heterocycles. The number of pyridine rings is 1. The van der Waals surface area contributed by atoms with Crippen molar-refractivity contribution in [1.29, 1.82) is 0 Å². The molecule has 2 aromatic carbocycles. The van der Waals surface area contributed by atoms with E-state index >= 15 is 0 Å². The maximum absolute atomic E-state index is 12.3. The Morgan fingerprint density at radius 1 is 1.15 bits per heavy atom. The number of nitrogens with zero attached hydrogens (tertiary/aromatic N) is 2. The Bertz CT molecular complexity index is 1510. The van der Waals surface area contributed by atoms with Crippen LogP contribution in [0, 0.1) is 6.92 Å². The highest BCUT2D eigenvalue weighted by molar-refractivity contribution is 7.80. The first kappa shape index (κ1) is 26.7. The first-order chi connectivity index (χ1) is 18.9. The quantitative estimate of drug-likeness (QED) is 0.250. The van der Waals surface area contributed by atoms with Gasteiger partial charge in [-0.1, -0.05) is 29.8 Å². The number of aromatic nitrogens is 1. The molecule has 200 valence electrons. The van der Waals surface area contributed by atoms with Gasteiger partial charge in [0.1, 0.15) is 29.9 Å². The van der Waals surface area contributed by atoms with Gasteiger partial charge in [-0.2, -0.15) is 0 Å². The second kappa shape index (κ2) is 11.4. The molecule has 2 atom stereocenters. The average Bonchev–Trinajstić information content (AvgIpc) is 3.55. The summed E-state index contributed by atoms with van der Waals surface area (Å²) in [5.41, 5.74) is 3.91. The molecular weight excluding hydrogens is 536 g/mol. The number of amides is 1. The third kappa shape index (κ3) is 5.47. The van der Waals surface area contributed by atoms with Crippen LogP contribution >= 0.6 is 23.8 Å². The number of hydrogen-bond acceptors (Lipinski definition) is 6. The van der Waals surface area contributed by atoms with Crippen molar-refractivity contribution in [2.45, 2.75) is 19.0 Å². The maximum atomic E-state index is 12.3. The van der Waals surface area contributed by atoms with Crippen LogP contribution in [0.4, 0.5) is 11.4 Å². The second-order valence-electron chi connectivity index (χ2n) is 9.03. The predicted octanol–water partition coefficient (Wildman–Crippen LogP) is 6.07. The maximum Gasteiger partial charge on any atom is 0.250 e. The van der Waals surface area contributed by atoms with Gasteiger partial charge >= 0.3 is 0 Å². The molecule has 5 rings (SSSR count). The summed E-state index contributed by atoms with van der Waals surface area (Å²) in [5, 5.41) is 7.43. The summed E-state index contributed by atoms with van der Waals surface area (Å²) in [6, 6.07) is 20.3. The SMILES string of the molecule is COCC(=O)Nc1cc(N2C(=S)N[C@H](c3ccccn3)[C@H]2c2ccc(-c3ccc(C)c(Cl)c3)o2)ccc1OC. The van der Waals surface area contributed by atoms with E-state index < -0.39 is 0 Å². The molecule has 0 spiro atoms. The van der Waals surface area contributed by atoms with Crippen molar-refractivity contribution in [2.24, 2.45) is 0 Å². The van der Waals surface area contributed by atoms with E-state index in [4.69, 9.17) is 37.7 Å². The molecule has 10 heteroatoms. The summed E-state index contributed by atoms with van der Waals surface area (Å²) in [5.74, 6) is 1.58. The molecule has 1 aliphatic rings. The molecule has 0 unspecified atom stereocenters. The van der Waals surface area contributed by atoms with Crippen LogP contribution in [0.25, 0.3) is 11.3 Å². The molecular formula is C29H27ClN4O4S. The van der Waals surface area contributed by atoms with Crippen molar-refractivity contribution >= 4 is 46.2 Å².